The van der Waals surface area contributed by atoms with Crippen molar-refractivity contribution in [2.24, 2.45) is 17.3 Å². The second-order valence-electron chi connectivity index (χ2n) is 5.00. The molecule has 16 heavy (non-hydrogen) atoms. The van der Waals surface area contributed by atoms with Crippen LogP contribution in [0.5, 0.6) is 0 Å². The summed E-state index contributed by atoms with van der Waals surface area (Å²) in [4.78, 5) is 22.3. The van der Waals surface area contributed by atoms with Gasteiger partial charge in [-0.05, 0) is 18.8 Å². The third-order valence-electron chi connectivity index (χ3n) is 4.16. The summed E-state index contributed by atoms with van der Waals surface area (Å²) in [5.74, 6) is -2.54. The normalized spacial score (nSPS) is 20.4. The molecule has 0 aromatic rings. The minimum atomic E-state index is -1.65. The fraction of sp³-hybridized carbons (Fsp3) is 0.833. The van der Waals surface area contributed by atoms with Crippen LogP contribution < -0.4 is 0 Å². The van der Waals surface area contributed by atoms with Gasteiger partial charge in [-0.25, -0.2) is 0 Å². The minimum absolute atomic E-state index is 0.228. The molecule has 1 atom stereocenters. The number of rotatable bonds is 4. The monoisotopic (exact) mass is 228 g/mol. The highest BCUT2D eigenvalue weighted by Gasteiger charge is 2.49. The average molecular weight is 228 g/mol. The van der Waals surface area contributed by atoms with Crippen molar-refractivity contribution in [3.05, 3.63) is 0 Å². The molecule has 1 fully saturated rings. The molecule has 0 aromatic carbocycles. The van der Waals surface area contributed by atoms with E-state index in [2.05, 4.69) is 0 Å². The van der Waals surface area contributed by atoms with Gasteiger partial charge in [-0.15, -0.1) is 0 Å². The lowest BCUT2D eigenvalue weighted by Gasteiger charge is -2.35. The Hall–Kier alpha value is -1.06. The Bertz CT molecular complexity index is 265. The summed E-state index contributed by atoms with van der Waals surface area (Å²) in [6.07, 6.45) is 5.27. The maximum absolute atomic E-state index is 11.2. The van der Waals surface area contributed by atoms with Crippen LogP contribution in [0.15, 0.2) is 0 Å². The van der Waals surface area contributed by atoms with Crippen molar-refractivity contribution < 1.29 is 19.8 Å². The molecule has 1 aliphatic rings. The van der Waals surface area contributed by atoms with Gasteiger partial charge in [0.25, 0.3) is 0 Å². The van der Waals surface area contributed by atoms with Crippen molar-refractivity contribution in [3.8, 4) is 0 Å². The third kappa shape index (κ3) is 2.20. The zero-order valence-corrected chi connectivity index (χ0v) is 9.90. The molecule has 0 saturated heterocycles. The molecule has 1 rings (SSSR count). The predicted molar refractivity (Wildman–Crippen MR) is 59.1 cm³/mol. The van der Waals surface area contributed by atoms with Crippen molar-refractivity contribution in [3.63, 3.8) is 0 Å². The lowest BCUT2D eigenvalue weighted by atomic mass is 9.67. The van der Waals surface area contributed by atoms with Gasteiger partial charge in [0.1, 0.15) is 0 Å². The van der Waals surface area contributed by atoms with Crippen LogP contribution in [0, 0.1) is 17.3 Å². The molecule has 1 unspecified atom stereocenters. The quantitative estimate of drug-likeness (QED) is 0.724. The molecule has 4 nitrogen and oxygen atoms in total. The van der Waals surface area contributed by atoms with Crippen LogP contribution in [0.3, 0.4) is 0 Å². The van der Waals surface area contributed by atoms with E-state index in [0.717, 1.165) is 25.7 Å². The summed E-state index contributed by atoms with van der Waals surface area (Å²) in [5.41, 5.74) is -1.65. The molecule has 2 N–H and O–H groups in total. The standard InChI is InChI=1S/C12H20O4/c1-8(9-6-4-3-5-7-9)12(2,10(13)14)11(15)16/h8-9H,3-7H2,1-2H3,(H,13,14)(H,15,16). The van der Waals surface area contributed by atoms with Gasteiger partial charge in [0.05, 0.1) is 0 Å². The summed E-state index contributed by atoms with van der Waals surface area (Å²) in [5, 5.41) is 18.2. The van der Waals surface area contributed by atoms with Gasteiger partial charge in [-0.2, -0.15) is 0 Å². The van der Waals surface area contributed by atoms with E-state index in [1.165, 1.54) is 13.3 Å². The summed E-state index contributed by atoms with van der Waals surface area (Å²) >= 11 is 0. The Morgan fingerprint density at radius 3 is 1.94 bits per heavy atom. The molecule has 92 valence electrons. The highest BCUT2D eigenvalue weighted by atomic mass is 16.4. The van der Waals surface area contributed by atoms with Crippen LogP contribution >= 0.6 is 0 Å². The van der Waals surface area contributed by atoms with E-state index in [1.807, 2.05) is 0 Å². The molecule has 0 bridgehead atoms. The summed E-state index contributed by atoms with van der Waals surface area (Å²) in [7, 11) is 0. The van der Waals surface area contributed by atoms with Crippen LogP contribution in [0.1, 0.15) is 46.0 Å². The zero-order chi connectivity index (χ0) is 12.3. The maximum Gasteiger partial charge on any atom is 0.321 e. The first-order chi connectivity index (χ1) is 7.40. The van der Waals surface area contributed by atoms with Crippen LogP contribution in [-0.4, -0.2) is 22.2 Å². The van der Waals surface area contributed by atoms with Crippen molar-refractivity contribution in [1.29, 1.82) is 0 Å². The smallest absolute Gasteiger partial charge is 0.321 e. The Morgan fingerprint density at radius 2 is 1.56 bits per heavy atom. The highest BCUT2D eigenvalue weighted by Crippen LogP contribution is 2.40. The number of carboxylic acid groups (broad SMARTS) is 2. The van der Waals surface area contributed by atoms with E-state index in [9.17, 15) is 9.59 Å². The molecule has 1 aliphatic carbocycles. The second-order valence-corrected chi connectivity index (χ2v) is 5.00. The van der Waals surface area contributed by atoms with E-state index >= 15 is 0 Å². The van der Waals surface area contributed by atoms with E-state index < -0.39 is 17.4 Å². The summed E-state index contributed by atoms with van der Waals surface area (Å²) < 4.78 is 0. The number of aliphatic carboxylic acids is 2. The van der Waals surface area contributed by atoms with Crippen molar-refractivity contribution in [1.82, 2.24) is 0 Å². The van der Waals surface area contributed by atoms with Crippen molar-refractivity contribution >= 4 is 11.9 Å². The largest absolute Gasteiger partial charge is 0.480 e. The van der Waals surface area contributed by atoms with Gasteiger partial charge >= 0.3 is 11.9 Å². The molecule has 0 aromatic heterocycles. The molecular weight excluding hydrogens is 208 g/mol. The molecule has 4 heteroatoms. The molecule has 0 spiro atoms. The second kappa shape index (κ2) is 4.85. The summed E-state index contributed by atoms with van der Waals surface area (Å²) in [6.45, 7) is 3.09. The van der Waals surface area contributed by atoms with Gasteiger partial charge in [0.15, 0.2) is 5.41 Å². The van der Waals surface area contributed by atoms with Crippen LogP contribution in [0.2, 0.25) is 0 Å². The number of hydrogen-bond donors (Lipinski definition) is 2. The lowest BCUT2D eigenvalue weighted by Crippen LogP contribution is -2.45. The van der Waals surface area contributed by atoms with E-state index in [1.54, 1.807) is 6.92 Å². The first kappa shape index (κ1) is 13.0. The van der Waals surface area contributed by atoms with Gasteiger partial charge in [0.2, 0.25) is 0 Å². The molecule has 0 heterocycles. The van der Waals surface area contributed by atoms with Gasteiger partial charge in [-0.1, -0.05) is 39.0 Å². The maximum atomic E-state index is 11.2. The van der Waals surface area contributed by atoms with Crippen molar-refractivity contribution in [2.75, 3.05) is 0 Å². The SMILES string of the molecule is CC(C1CCCCC1)C(C)(C(=O)O)C(=O)O. The topological polar surface area (TPSA) is 74.6 Å². The molecule has 0 amide bonds. The molecule has 1 saturated carbocycles. The lowest BCUT2D eigenvalue weighted by molar-refractivity contribution is -0.169. The molecular formula is C12H20O4. The molecule has 0 radical (unpaired) electrons. The van der Waals surface area contributed by atoms with Crippen molar-refractivity contribution in [2.45, 2.75) is 46.0 Å². The zero-order valence-electron chi connectivity index (χ0n) is 9.90. The number of hydrogen-bond acceptors (Lipinski definition) is 2. The third-order valence-corrected chi connectivity index (χ3v) is 4.16. The fourth-order valence-corrected chi connectivity index (χ4v) is 2.59. The first-order valence-corrected chi connectivity index (χ1v) is 5.87. The van der Waals surface area contributed by atoms with Crippen LogP contribution in [0.4, 0.5) is 0 Å². The summed E-state index contributed by atoms with van der Waals surface area (Å²) in [6, 6.07) is 0. The Labute approximate surface area is 95.7 Å². The predicted octanol–water partition coefficient (Wildman–Crippen LogP) is 2.38. The van der Waals surface area contributed by atoms with E-state index in [4.69, 9.17) is 10.2 Å². The molecule has 0 aliphatic heterocycles. The van der Waals surface area contributed by atoms with Gasteiger partial charge in [-0.3, -0.25) is 9.59 Å². The Morgan fingerprint density at radius 1 is 1.12 bits per heavy atom. The number of carbonyl (C=O) groups is 2. The van der Waals surface area contributed by atoms with Crippen LogP contribution in [-0.2, 0) is 9.59 Å². The van der Waals surface area contributed by atoms with E-state index in [0.29, 0.717) is 0 Å². The fourth-order valence-electron chi connectivity index (χ4n) is 2.59. The number of carboxylic acids is 2. The highest BCUT2D eigenvalue weighted by molar-refractivity contribution is 5.98. The average Bonchev–Trinajstić information content (AvgIpc) is 2.27. The Balaban J connectivity index is 2.85. The van der Waals surface area contributed by atoms with E-state index in [-0.39, 0.29) is 11.8 Å². The minimum Gasteiger partial charge on any atom is -0.480 e. The Kier molecular flexibility index (Phi) is 3.94. The van der Waals surface area contributed by atoms with Gasteiger partial charge < -0.3 is 10.2 Å². The van der Waals surface area contributed by atoms with Crippen LogP contribution in [0.25, 0.3) is 0 Å². The first-order valence-electron chi connectivity index (χ1n) is 5.87. The van der Waals surface area contributed by atoms with Gasteiger partial charge in [0, 0.05) is 0 Å².